The Balaban J connectivity index is 2.57. The van der Waals surface area contributed by atoms with E-state index in [-0.39, 0.29) is 11.8 Å². The van der Waals surface area contributed by atoms with E-state index in [4.69, 9.17) is 5.73 Å². The van der Waals surface area contributed by atoms with Crippen LogP contribution in [0.25, 0.3) is 0 Å². The van der Waals surface area contributed by atoms with Crippen LogP contribution in [0.5, 0.6) is 0 Å². The van der Waals surface area contributed by atoms with Crippen LogP contribution in [-0.4, -0.2) is 11.9 Å². The van der Waals surface area contributed by atoms with E-state index >= 15 is 0 Å². The average Bonchev–Trinajstić information content (AvgIpc) is 2.34. The standard InChI is InChI=1S/C13H19N3O2/c1-3-9(2)12(17)15-8-10-5-4-6-11(7-10)16-13(14)18/h4-7,9H,3,8H2,1-2H3,(H,15,17)(H3,14,16,18). The van der Waals surface area contributed by atoms with E-state index in [1.54, 1.807) is 18.2 Å². The molecule has 1 aromatic carbocycles. The number of hydrogen-bond acceptors (Lipinski definition) is 2. The lowest BCUT2D eigenvalue weighted by molar-refractivity contribution is -0.124. The largest absolute Gasteiger partial charge is 0.352 e. The molecule has 3 amide bonds. The predicted octanol–water partition coefficient (Wildman–Crippen LogP) is 1.84. The fraction of sp³-hybridized carbons (Fsp3) is 0.385. The Morgan fingerprint density at radius 1 is 1.39 bits per heavy atom. The summed E-state index contributed by atoms with van der Waals surface area (Å²) in [5.74, 6) is 0.0442. The molecule has 0 aromatic heterocycles. The van der Waals surface area contributed by atoms with Gasteiger partial charge in [0.1, 0.15) is 0 Å². The first-order valence-corrected chi connectivity index (χ1v) is 5.96. The van der Waals surface area contributed by atoms with Gasteiger partial charge in [-0.2, -0.15) is 0 Å². The zero-order valence-electron chi connectivity index (χ0n) is 10.7. The lowest BCUT2D eigenvalue weighted by Crippen LogP contribution is -2.28. The van der Waals surface area contributed by atoms with Gasteiger partial charge in [0.05, 0.1) is 0 Å². The molecule has 0 aliphatic carbocycles. The molecule has 0 spiro atoms. The second kappa shape index (κ2) is 6.64. The van der Waals surface area contributed by atoms with E-state index in [0.29, 0.717) is 12.2 Å². The highest BCUT2D eigenvalue weighted by Gasteiger charge is 2.09. The molecule has 5 heteroatoms. The van der Waals surface area contributed by atoms with Gasteiger partial charge in [0, 0.05) is 18.2 Å². The number of hydrogen-bond donors (Lipinski definition) is 3. The third kappa shape index (κ3) is 4.45. The fourth-order valence-corrected chi connectivity index (χ4v) is 1.45. The van der Waals surface area contributed by atoms with Crippen molar-refractivity contribution in [3.63, 3.8) is 0 Å². The van der Waals surface area contributed by atoms with Gasteiger partial charge in [0.15, 0.2) is 0 Å². The molecule has 1 unspecified atom stereocenters. The van der Waals surface area contributed by atoms with Crippen LogP contribution < -0.4 is 16.4 Å². The molecule has 98 valence electrons. The van der Waals surface area contributed by atoms with E-state index < -0.39 is 6.03 Å². The predicted molar refractivity (Wildman–Crippen MR) is 70.9 cm³/mol. The molecule has 0 aliphatic rings. The zero-order chi connectivity index (χ0) is 13.5. The van der Waals surface area contributed by atoms with Crippen LogP contribution in [0.4, 0.5) is 10.5 Å². The molecule has 1 atom stereocenters. The third-order valence-corrected chi connectivity index (χ3v) is 2.72. The first-order valence-electron chi connectivity index (χ1n) is 5.96. The molecular formula is C13H19N3O2. The van der Waals surface area contributed by atoms with Gasteiger partial charge < -0.3 is 16.4 Å². The van der Waals surface area contributed by atoms with Gasteiger partial charge in [-0.1, -0.05) is 26.0 Å². The zero-order valence-corrected chi connectivity index (χ0v) is 10.7. The quantitative estimate of drug-likeness (QED) is 0.744. The van der Waals surface area contributed by atoms with Gasteiger partial charge in [0.25, 0.3) is 0 Å². The molecule has 4 N–H and O–H groups in total. The Morgan fingerprint density at radius 3 is 2.72 bits per heavy atom. The number of anilines is 1. The monoisotopic (exact) mass is 249 g/mol. The topological polar surface area (TPSA) is 84.2 Å². The first kappa shape index (κ1) is 14.0. The molecule has 5 nitrogen and oxygen atoms in total. The molecular weight excluding hydrogens is 230 g/mol. The van der Waals surface area contributed by atoms with Crippen molar-refractivity contribution in [2.45, 2.75) is 26.8 Å². The number of carbonyl (C=O) groups excluding carboxylic acids is 2. The number of benzene rings is 1. The number of urea groups is 1. The Morgan fingerprint density at radius 2 is 2.11 bits per heavy atom. The molecule has 0 radical (unpaired) electrons. The van der Waals surface area contributed by atoms with Gasteiger partial charge >= 0.3 is 6.03 Å². The molecule has 0 saturated heterocycles. The van der Waals surface area contributed by atoms with Crippen molar-refractivity contribution in [1.82, 2.24) is 5.32 Å². The summed E-state index contributed by atoms with van der Waals surface area (Å²) in [5.41, 5.74) is 6.57. The molecule has 1 rings (SSSR count). The van der Waals surface area contributed by atoms with Gasteiger partial charge in [-0.25, -0.2) is 4.79 Å². The van der Waals surface area contributed by atoms with Gasteiger partial charge in [-0.3, -0.25) is 4.79 Å². The molecule has 18 heavy (non-hydrogen) atoms. The Bertz CT molecular complexity index is 432. The van der Waals surface area contributed by atoms with Crippen molar-refractivity contribution in [2.24, 2.45) is 11.7 Å². The molecule has 0 saturated carbocycles. The fourth-order valence-electron chi connectivity index (χ4n) is 1.45. The number of primary amides is 1. The number of amides is 3. The summed E-state index contributed by atoms with van der Waals surface area (Å²) in [4.78, 5) is 22.3. The van der Waals surface area contributed by atoms with Crippen molar-refractivity contribution < 1.29 is 9.59 Å². The summed E-state index contributed by atoms with van der Waals surface area (Å²) in [5, 5.41) is 5.34. The minimum Gasteiger partial charge on any atom is -0.352 e. The van der Waals surface area contributed by atoms with E-state index in [0.717, 1.165) is 12.0 Å². The second-order valence-electron chi connectivity index (χ2n) is 4.22. The summed E-state index contributed by atoms with van der Waals surface area (Å²) in [6.45, 7) is 4.31. The van der Waals surface area contributed by atoms with Crippen LogP contribution in [0, 0.1) is 5.92 Å². The third-order valence-electron chi connectivity index (χ3n) is 2.72. The van der Waals surface area contributed by atoms with Gasteiger partial charge in [0.2, 0.25) is 5.91 Å². The lowest BCUT2D eigenvalue weighted by atomic mass is 10.1. The maximum absolute atomic E-state index is 11.6. The minimum atomic E-state index is -0.601. The van der Waals surface area contributed by atoms with Crippen LogP contribution in [0.3, 0.4) is 0 Å². The Hall–Kier alpha value is -2.04. The smallest absolute Gasteiger partial charge is 0.316 e. The SMILES string of the molecule is CCC(C)C(=O)NCc1cccc(NC(N)=O)c1. The Labute approximate surface area is 107 Å². The van der Waals surface area contributed by atoms with Crippen molar-refractivity contribution >= 4 is 17.6 Å². The van der Waals surface area contributed by atoms with Crippen LogP contribution >= 0.6 is 0 Å². The van der Waals surface area contributed by atoms with E-state index in [1.165, 1.54) is 0 Å². The minimum absolute atomic E-state index is 0.0110. The first-order chi connectivity index (χ1) is 8.52. The maximum atomic E-state index is 11.6. The lowest BCUT2D eigenvalue weighted by Gasteiger charge is -2.10. The van der Waals surface area contributed by atoms with E-state index in [1.807, 2.05) is 19.9 Å². The molecule has 0 bridgehead atoms. The number of nitrogens with two attached hydrogens (primary N) is 1. The Kier molecular flexibility index (Phi) is 5.17. The summed E-state index contributed by atoms with van der Waals surface area (Å²) in [6, 6.07) is 6.60. The summed E-state index contributed by atoms with van der Waals surface area (Å²) in [7, 11) is 0. The van der Waals surface area contributed by atoms with Crippen molar-refractivity contribution in [3.8, 4) is 0 Å². The highest BCUT2D eigenvalue weighted by molar-refractivity contribution is 5.87. The second-order valence-corrected chi connectivity index (χ2v) is 4.22. The molecule has 0 aliphatic heterocycles. The summed E-state index contributed by atoms with van der Waals surface area (Å²) >= 11 is 0. The van der Waals surface area contributed by atoms with Crippen molar-refractivity contribution in [3.05, 3.63) is 29.8 Å². The van der Waals surface area contributed by atoms with Gasteiger partial charge in [-0.05, 0) is 24.1 Å². The molecule has 0 fully saturated rings. The normalized spacial score (nSPS) is 11.7. The van der Waals surface area contributed by atoms with Crippen molar-refractivity contribution in [2.75, 3.05) is 5.32 Å². The summed E-state index contributed by atoms with van der Waals surface area (Å²) < 4.78 is 0. The van der Waals surface area contributed by atoms with E-state index in [9.17, 15) is 9.59 Å². The number of rotatable bonds is 5. The van der Waals surface area contributed by atoms with Crippen LogP contribution in [0.15, 0.2) is 24.3 Å². The number of nitrogens with one attached hydrogen (secondary N) is 2. The van der Waals surface area contributed by atoms with Crippen LogP contribution in [0.1, 0.15) is 25.8 Å². The molecule has 0 heterocycles. The summed E-state index contributed by atoms with van der Waals surface area (Å²) in [6.07, 6.45) is 0.815. The average molecular weight is 249 g/mol. The number of carbonyl (C=O) groups is 2. The van der Waals surface area contributed by atoms with Crippen molar-refractivity contribution in [1.29, 1.82) is 0 Å². The van der Waals surface area contributed by atoms with Gasteiger partial charge in [-0.15, -0.1) is 0 Å². The van der Waals surface area contributed by atoms with E-state index in [2.05, 4.69) is 10.6 Å². The highest BCUT2D eigenvalue weighted by Crippen LogP contribution is 2.10. The molecule has 1 aromatic rings. The van der Waals surface area contributed by atoms with Crippen LogP contribution in [-0.2, 0) is 11.3 Å². The highest BCUT2D eigenvalue weighted by atomic mass is 16.2. The van der Waals surface area contributed by atoms with Crippen LogP contribution in [0.2, 0.25) is 0 Å². The maximum Gasteiger partial charge on any atom is 0.316 e.